The molecule has 3 N–H and O–H groups in total. The number of likely N-dealkylation sites (tertiary alicyclic amines) is 2. The average molecular weight is 338 g/mol. The van der Waals surface area contributed by atoms with E-state index in [-0.39, 0.29) is 23.3 Å². The predicted octanol–water partition coefficient (Wildman–Crippen LogP) is 0.953. The molecule has 2 heterocycles. The SMILES string of the molecule is CCN1CCCC1CN1CC(C(=O)NC(CC)(CC)CN)CC1=O. The van der Waals surface area contributed by atoms with Crippen LogP contribution >= 0.6 is 0 Å². The van der Waals surface area contributed by atoms with E-state index in [0.717, 1.165) is 38.9 Å². The summed E-state index contributed by atoms with van der Waals surface area (Å²) in [6.07, 6.45) is 4.30. The lowest BCUT2D eigenvalue weighted by Crippen LogP contribution is -2.54. The van der Waals surface area contributed by atoms with Crippen molar-refractivity contribution < 1.29 is 9.59 Å². The molecule has 0 aliphatic carbocycles. The number of carbonyl (C=O) groups is 2. The summed E-state index contributed by atoms with van der Waals surface area (Å²) in [5.74, 6) is -0.138. The molecule has 0 radical (unpaired) electrons. The fourth-order valence-electron chi connectivity index (χ4n) is 4.03. The second-order valence-electron chi connectivity index (χ2n) is 7.31. The summed E-state index contributed by atoms with van der Waals surface area (Å²) in [5.41, 5.74) is 5.54. The first-order valence-corrected chi connectivity index (χ1v) is 9.52. The quantitative estimate of drug-likeness (QED) is 0.691. The summed E-state index contributed by atoms with van der Waals surface area (Å²) < 4.78 is 0. The number of hydrogen-bond donors (Lipinski definition) is 2. The van der Waals surface area contributed by atoms with E-state index in [9.17, 15) is 9.59 Å². The zero-order chi connectivity index (χ0) is 17.7. The number of rotatable bonds is 8. The van der Waals surface area contributed by atoms with Gasteiger partial charge in [-0.25, -0.2) is 0 Å². The Bertz CT molecular complexity index is 442. The highest BCUT2D eigenvalue weighted by atomic mass is 16.2. The van der Waals surface area contributed by atoms with Gasteiger partial charge in [0, 0.05) is 32.1 Å². The van der Waals surface area contributed by atoms with Crippen LogP contribution in [0.3, 0.4) is 0 Å². The van der Waals surface area contributed by atoms with E-state index in [1.165, 1.54) is 6.42 Å². The molecule has 2 unspecified atom stereocenters. The standard InChI is InChI=1S/C18H34N4O2/c1-4-18(5-2,13-19)20-17(24)14-10-16(23)22(11-14)12-15-8-7-9-21(15)6-3/h14-15H,4-13,19H2,1-3H3,(H,20,24). The molecule has 2 atom stereocenters. The molecule has 0 spiro atoms. The highest BCUT2D eigenvalue weighted by molar-refractivity contribution is 5.89. The smallest absolute Gasteiger partial charge is 0.225 e. The van der Waals surface area contributed by atoms with E-state index in [0.29, 0.717) is 25.6 Å². The van der Waals surface area contributed by atoms with Gasteiger partial charge >= 0.3 is 0 Å². The van der Waals surface area contributed by atoms with Crippen LogP contribution in [0.1, 0.15) is 52.9 Å². The minimum atomic E-state index is -0.335. The van der Waals surface area contributed by atoms with E-state index < -0.39 is 0 Å². The summed E-state index contributed by atoms with van der Waals surface area (Å²) in [7, 11) is 0. The van der Waals surface area contributed by atoms with Crippen molar-refractivity contribution in [3.05, 3.63) is 0 Å². The zero-order valence-electron chi connectivity index (χ0n) is 15.5. The van der Waals surface area contributed by atoms with Crippen molar-refractivity contribution in [1.82, 2.24) is 15.1 Å². The fraction of sp³-hybridized carbons (Fsp3) is 0.889. The molecule has 0 bridgehead atoms. The van der Waals surface area contributed by atoms with Gasteiger partial charge in [0.25, 0.3) is 0 Å². The van der Waals surface area contributed by atoms with Crippen molar-refractivity contribution in [2.75, 3.05) is 32.7 Å². The molecule has 2 rings (SSSR count). The van der Waals surface area contributed by atoms with Crippen molar-refractivity contribution in [3.8, 4) is 0 Å². The lowest BCUT2D eigenvalue weighted by atomic mass is 9.91. The number of nitrogens with one attached hydrogen (secondary N) is 1. The van der Waals surface area contributed by atoms with Gasteiger partial charge in [0.15, 0.2) is 0 Å². The van der Waals surface area contributed by atoms with Crippen LogP contribution in [0.25, 0.3) is 0 Å². The number of nitrogens with zero attached hydrogens (tertiary/aromatic N) is 2. The van der Waals surface area contributed by atoms with Crippen LogP contribution in [-0.4, -0.2) is 65.9 Å². The largest absolute Gasteiger partial charge is 0.349 e. The summed E-state index contributed by atoms with van der Waals surface area (Å²) in [5, 5.41) is 3.12. The summed E-state index contributed by atoms with van der Waals surface area (Å²) >= 11 is 0. The third kappa shape index (κ3) is 4.09. The fourth-order valence-corrected chi connectivity index (χ4v) is 4.03. The maximum atomic E-state index is 12.6. The first-order chi connectivity index (χ1) is 11.5. The molecule has 0 aromatic carbocycles. The Morgan fingerprint density at radius 3 is 2.62 bits per heavy atom. The van der Waals surface area contributed by atoms with Gasteiger partial charge in [0.05, 0.1) is 11.5 Å². The van der Waals surface area contributed by atoms with Gasteiger partial charge in [-0.1, -0.05) is 20.8 Å². The average Bonchev–Trinajstić information content (AvgIpc) is 3.20. The van der Waals surface area contributed by atoms with Gasteiger partial charge in [-0.3, -0.25) is 14.5 Å². The topological polar surface area (TPSA) is 78.7 Å². The Hall–Kier alpha value is -1.14. The summed E-state index contributed by atoms with van der Waals surface area (Å²) in [4.78, 5) is 29.3. The molecule has 0 aromatic heterocycles. The van der Waals surface area contributed by atoms with Crippen molar-refractivity contribution in [2.45, 2.75) is 64.5 Å². The van der Waals surface area contributed by atoms with E-state index in [1.807, 2.05) is 18.7 Å². The number of carbonyl (C=O) groups excluding carboxylic acids is 2. The highest BCUT2D eigenvalue weighted by Gasteiger charge is 2.39. The number of nitrogens with two attached hydrogens (primary N) is 1. The maximum absolute atomic E-state index is 12.6. The van der Waals surface area contributed by atoms with Crippen LogP contribution in [-0.2, 0) is 9.59 Å². The van der Waals surface area contributed by atoms with Crippen molar-refractivity contribution >= 4 is 11.8 Å². The Morgan fingerprint density at radius 1 is 1.33 bits per heavy atom. The third-order valence-corrected chi connectivity index (χ3v) is 6.05. The predicted molar refractivity (Wildman–Crippen MR) is 95.5 cm³/mol. The molecular formula is C18H34N4O2. The van der Waals surface area contributed by atoms with Gasteiger partial charge in [-0.15, -0.1) is 0 Å². The van der Waals surface area contributed by atoms with Gasteiger partial charge in [0.2, 0.25) is 11.8 Å². The molecule has 2 aliphatic rings. The molecule has 2 saturated heterocycles. The van der Waals surface area contributed by atoms with Crippen LogP contribution in [0.15, 0.2) is 0 Å². The second kappa shape index (κ2) is 8.30. The molecule has 6 nitrogen and oxygen atoms in total. The Labute approximate surface area is 146 Å². The minimum Gasteiger partial charge on any atom is -0.349 e. The van der Waals surface area contributed by atoms with E-state index in [1.54, 1.807) is 0 Å². The van der Waals surface area contributed by atoms with Crippen molar-refractivity contribution in [1.29, 1.82) is 0 Å². The Balaban J connectivity index is 1.92. The third-order valence-electron chi connectivity index (χ3n) is 6.05. The second-order valence-corrected chi connectivity index (χ2v) is 7.31. The summed E-state index contributed by atoms with van der Waals surface area (Å²) in [6, 6.07) is 0.454. The van der Waals surface area contributed by atoms with Crippen LogP contribution in [0.4, 0.5) is 0 Å². The molecule has 2 aliphatic heterocycles. The molecular weight excluding hydrogens is 304 g/mol. The molecule has 138 valence electrons. The zero-order valence-corrected chi connectivity index (χ0v) is 15.5. The first kappa shape index (κ1) is 19.2. The maximum Gasteiger partial charge on any atom is 0.225 e. The van der Waals surface area contributed by atoms with Crippen LogP contribution in [0.5, 0.6) is 0 Å². The van der Waals surface area contributed by atoms with Gasteiger partial charge < -0.3 is 16.0 Å². The first-order valence-electron chi connectivity index (χ1n) is 9.52. The van der Waals surface area contributed by atoms with E-state index in [4.69, 9.17) is 5.73 Å². The monoisotopic (exact) mass is 338 g/mol. The van der Waals surface area contributed by atoms with Crippen molar-refractivity contribution in [3.63, 3.8) is 0 Å². The van der Waals surface area contributed by atoms with E-state index in [2.05, 4.69) is 17.1 Å². The Kier molecular flexibility index (Phi) is 6.63. The molecule has 24 heavy (non-hydrogen) atoms. The van der Waals surface area contributed by atoms with Crippen LogP contribution < -0.4 is 11.1 Å². The van der Waals surface area contributed by atoms with Crippen LogP contribution in [0.2, 0.25) is 0 Å². The molecule has 6 heteroatoms. The number of amides is 2. The van der Waals surface area contributed by atoms with E-state index >= 15 is 0 Å². The molecule has 0 aromatic rings. The minimum absolute atomic E-state index is 0.0150. The highest BCUT2D eigenvalue weighted by Crippen LogP contribution is 2.24. The van der Waals surface area contributed by atoms with Gasteiger partial charge in [-0.05, 0) is 38.8 Å². The Morgan fingerprint density at radius 2 is 2.04 bits per heavy atom. The molecule has 2 amide bonds. The van der Waals surface area contributed by atoms with Crippen LogP contribution in [0, 0.1) is 5.92 Å². The molecule has 2 fully saturated rings. The summed E-state index contributed by atoms with van der Waals surface area (Å²) in [6.45, 7) is 10.2. The normalized spacial score (nSPS) is 25.5. The lowest BCUT2D eigenvalue weighted by molar-refractivity contribution is -0.129. The van der Waals surface area contributed by atoms with Gasteiger partial charge in [0.1, 0.15) is 0 Å². The van der Waals surface area contributed by atoms with Gasteiger partial charge in [-0.2, -0.15) is 0 Å². The van der Waals surface area contributed by atoms with Crippen molar-refractivity contribution in [2.24, 2.45) is 11.7 Å². The lowest BCUT2D eigenvalue weighted by Gasteiger charge is -2.32. The number of hydrogen-bond acceptors (Lipinski definition) is 4. The molecule has 0 saturated carbocycles. The number of likely N-dealkylation sites (N-methyl/N-ethyl adjacent to an activating group) is 1.